The lowest BCUT2D eigenvalue weighted by Gasteiger charge is -2.06. The summed E-state index contributed by atoms with van der Waals surface area (Å²) < 4.78 is 0. The molecule has 0 radical (unpaired) electrons. The molecule has 3 nitrogen and oxygen atoms in total. The van der Waals surface area contributed by atoms with E-state index in [0.29, 0.717) is 5.56 Å². The third kappa shape index (κ3) is 1.94. The van der Waals surface area contributed by atoms with Gasteiger partial charge in [0.15, 0.2) is 0 Å². The molecule has 0 unspecified atom stereocenters. The molecule has 20 heavy (non-hydrogen) atoms. The molecule has 0 saturated heterocycles. The Kier molecular flexibility index (Phi) is 2.77. The molecule has 0 fully saturated rings. The highest BCUT2D eigenvalue weighted by Gasteiger charge is 2.07. The Labute approximate surface area is 116 Å². The van der Waals surface area contributed by atoms with Gasteiger partial charge in [0.2, 0.25) is 0 Å². The van der Waals surface area contributed by atoms with Gasteiger partial charge in [-0.3, -0.25) is 0 Å². The summed E-state index contributed by atoms with van der Waals surface area (Å²) in [5.41, 5.74) is 2.27. The predicted molar refractivity (Wildman–Crippen MR) is 77.4 cm³/mol. The summed E-state index contributed by atoms with van der Waals surface area (Å²) in [6.45, 7) is 0. The van der Waals surface area contributed by atoms with Gasteiger partial charge in [-0.05, 0) is 40.8 Å². The molecule has 3 heteroatoms. The molecule has 0 aromatic heterocycles. The quantitative estimate of drug-likeness (QED) is 0.700. The van der Waals surface area contributed by atoms with Crippen LogP contribution in [0.5, 0.6) is 11.5 Å². The van der Waals surface area contributed by atoms with Crippen LogP contribution in [0.25, 0.3) is 21.9 Å². The van der Waals surface area contributed by atoms with Crippen molar-refractivity contribution in [2.24, 2.45) is 0 Å². The molecule has 0 amide bonds. The summed E-state index contributed by atoms with van der Waals surface area (Å²) in [7, 11) is 0. The Morgan fingerprint density at radius 3 is 2.20 bits per heavy atom. The number of benzene rings is 3. The van der Waals surface area contributed by atoms with Crippen LogP contribution in [0.15, 0.2) is 54.6 Å². The second-order valence-corrected chi connectivity index (χ2v) is 4.55. The van der Waals surface area contributed by atoms with E-state index in [2.05, 4.69) is 0 Å². The lowest BCUT2D eigenvalue weighted by atomic mass is 9.98. The fourth-order valence-electron chi connectivity index (χ4n) is 2.27. The van der Waals surface area contributed by atoms with Crippen LogP contribution in [0.4, 0.5) is 0 Å². The van der Waals surface area contributed by atoms with Crippen molar-refractivity contribution in [3.63, 3.8) is 0 Å². The number of phenolic OH excluding ortho intramolecular Hbond substituents is 2. The van der Waals surface area contributed by atoms with Crippen LogP contribution in [0, 0.1) is 11.3 Å². The number of hydrogen-bond acceptors (Lipinski definition) is 3. The fourth-order valence-corrected chi connectivity index (χ4v) is 2.27. The predicted octanol–water partition coefficient (Wildman–Crippen LogP) is 3.79. The average Bonchev–Trinajstić information content (AvgIpc) is 2.47. The van der Waals surface area contributed by atoms with Gasteiger partial charge in [0, 0.05) is 5.39 Å². The molecule has 0 aliphatic carbocycles. The molecule has 0 heterocycles. The molecule has 0 aliphatic rings. The van der Waals surface area contributed by atoms with E-state index in [1.165, 1.54) is 6.07 Å². The van der Waals surface area contributed by atoms with Crippen LogP contribution < -0.4 is 0 Å². The first-order chi connectivity index (χ1) is 9.69. The number of rotatable bonds is 1. The fraction of sp³-hybridized carbons (Fsp3) is 0. The first-order valence-electron chi connectivity index (χ1n) is 6.14. The van der Waals surface area contributed by atoms with Crippen molar-refractivity contribution in [2.75, 3.05) is 0 Å². The molecule has 0 spiro atoms. The van der Waals surface area contributed by atoms with Gasteiger partial charge < -0.3 is 10.2 Å². The Morgan fingerprint density at radius 2 is 1.50 bits per heavy atom. The number of nitriles is 1. The van der Waals surface area contributed by atoms with Gasteiger partial charge in [-0.2, -0.15) is 5.26 Å². The van der Waals surface area contributed by atoms with Crippen molar-refractivity contribution in [2.45, 2.75) is 0 Å². The first kappa shape index (κ1) is 12.1. The van der Waals surface area contributed by atoms with E-state index in [0.717, 1.165) is 21.9 Å². The van der Waals surface area contributed by atoms with E-state index in [1.807, 2.05) is 36.4 Å². The van der Waals surface area contributed by atoms with Crippen LogP contribution >= 0.6 is 0 Å². The zero-order valence-corrected chi connectivity index (χ0v) is 10.5. The monoisotopic (exact) mass is 261 g/mol. The standard InChI is InChI=1S/C17H11NO2/c18-10-16-15-7-3-12(9-13(15)4-8-17(16)20)11-1-5-14(19)6-2-11/h1-9,19-20H. The molecule has 0 atom stereocenters. The minimum absolute atomic E-state index is 0.00242. The van der Waals surface area contributed by atoms with Crippen LogP contribution in [-0.2, 0) is 0 Å². The van der Waals surface area contributed by atoms with Crippen molar-refractivity contribution in [1.29, 1.82) is 5.26 Å². The molecule has 3 aromatic rings. The number of nitrogens with zero attached hydrogens (tertiary/aromatic N) is 1. The molecule has 0 saturated carbocycles. The summed E-state index contributed by atoms with van der Waals surface area (Å²) in [4.78, 5) is 0. The van der Waals surface area contributed by atoms with Crippen molar-refractivity contribution < 1.29 is 10.2 Å². The summed E-state index contributed by atoms with van der Waals surface area (Å²) in [5.74, 6) is 0.226. The second-order valence-electron chi connectivity index (χ2n) is 4.55. The Morgan fingerprint density at radius 1 is 0.800 bits per heavy atom. The number of hydrogen-bond donors (Lipinski definition) is 2. The van der Waals surface area contributed by atoms with Gasteiger partial charge in [-0.25, -0.2) is 0 Å². The van der Waals surface area contributed by atoms with E-state index in [-0.39, 0.29) is 11.5 Å². The summed E-state index contributed by atoms with van der Waals surface area (Å²) >= 11 is 0. The van der Waals surface area contributed by atoms with Crippen LogP contribution in [0.1, 0.15) is 5.56 Å². The highest BCUT2D eigenvalue weighted by atomic mass is 16.3. The number of phenols is 2. The van der Waals surface area contributed by atoms with Gasteiger partial charge in [0.05, 0.1) is 0 Å². The molecule has 0 bridgehead atoms. The van der Waals surface area contributed by atoms with Gasteiger partial charge in [0.25, 0.3) is 0 Å². The van der Waals surface area contributed by atoms with Crippen LogP contribution in [0.2, 0.25) is 0 Å². The Hall–Kier alpha value is -2.99. The third-order valence-electron chi connectivity index (χ3n) is 3.31. The van der Waals surface area contributed by atoms with Crippen molar-refractivity contribution >= 4 is 10.8 Å². The topological polar surface area (TPSA) is 64.2 Å². The smallest absolute Gasteiger partial charge is 0.133 e. The molecular formula is C17H11NO2. The normalized spacial score (nSPS) is 10.3. The number of fused-ring (bicyclic) bond motifs is 1. The van der Waals surface area contributed by atoms with Crippen LogP contribution in [0.3, 0.4) is 0 Å². The maximum Gasteiger partial charge on any atom is 0.133 e. The maximum atomic E-state index is 9.68. The molecule has 3 rings (SSSR count). The van der Waals surface area contributed by atoms with E-state index in [9.17, 15) is 10.2 Å². The highest BCUT2D eigenvalue weighted by molar-refractivity contribution is 5.93. The lowest BCUT2D eigenvalue weighted by Crippen LogP contribution is -1.83. The Bertz CT molecular complexity index is 830. The second kappa shape index (κ2) is 4.60. The average molecular weight is 261 g/mol. The van der Waals surface area contributed by atoms with E-state index in [4.69, 9.17) is 5.26 Å². The van der Waals surface area contributed by atoms with Gasteiger partial charge >= 0.3 is 0 Å². The SMILES string of the molecule is N#Cc1c(O)ccc2cc(-c3ccc(O)cc3)ccc12. The largest absolute Gasteiger partial charge is 0.508 e. The third-order valence-corrected chi connectivity index (χ3v) is 3.31. The molecule has 0 aliphatic heterocycles. The maximum absolute atomic E-state index is 9.68. The van der Waals surface area contributed by atoms with E-state index >= 15 is 0 Å². The minimum atomic E-state index is -0.00242. The van der Waals surface area contributed by atoms with Gasteiger partial charge in [0.1, 0.15) is 23.1 Å². The number of aromatic hydroxyl groups is 2. The zero-order chi connectivity index (χ0) is 14.1. The minimum Gasteiger partial charge on any atom is -0.508 e. The first-order valence-corrected chi connectivity index (χ1v) is 6.14. The van der Waals surface area contributed by atoms with Crippen molar-refractivity contribution in [3.8, 4) is 28.7 Å². The molecule has 96 valence electrons. The van der Waals surface area contributed by atoms with Crippen molar-refractivity contribution in [1.82, 2.24) is 0 Å². The summed E-state index contributed by atoms with van der Waals surface area (Å²) in [6, 6.07) is 18.0. The lowest BCUT2D eigenvalue weighted by molar-refractivity contribution is 0.474. The Balaban J connectivity index is 2.19. The van der Waals surface area contributed by atoms with E-state index < -0.39 is 0 Å². The molecule has 3 aromatic carbocycles. The zero-order valence-electron chi connectivity index (χ0n) is 10.5. The van der Waals surface area contributed by atoms with Gasteiger partial charge in [-0.1, -0.05) is 30.3 Å². The van der Waals surface area contributed by atoms with E-state index in [1.54, 1.807) is 18.2 Å². The van der Waals surface area contributed by atoms with Crippen molar-refractivity contribution in [3.05, 3.63) is 60.2 Å². The van der Waals surface area contributed by atoms with Gasteiger partial charge in [-0.15, -0.1) is 0 Å². The summed E-state index contributed by atoms with van der Waals surface area (Å²) in [5, 5.41) is 29.7. The molecule has 2 N–H and O–H groups in total. The summed E-state index contributed by atoms with van der Waals surface area (Å²) in [6.07, 6.45) is 0. The molecular weight excluding hydrogens is 250 g/mol. The highest BCUT2D eigenvalue weighted by Crippen LogP contribution is 2.30. The van der Waals surface area contributed by atoms with Crippen LogP contribution in [-0.4, -0.2) is 10.2 Å².